The SMILES string of the molecule is CC(C)(C)N1CC2CCC1CN2CN1CC2CC1CN2C(C)(C)C. The van der Waals surface area contributed by atoms with Gasteiger partial charge in [-0.15, -0.1) is 0 Å². The van der Waals surface area contributed by atoms with Gasteiger partial charge >= 0.3 is 0 Å². The Balaban J connectivity index is 1.36. The van der Waals surface area contributed by atoms with Crippen LogP contribution in [-0.4, -0.2) is 87.7 Å². The first-order chi connectivity index (χ1) is 11.1. The van der Waals surface area contributed by atoms with Crippen LogP contribution in [0, 0.1) is 0 Å². The Hall–Kier alpha value is -0.160. The van der Waals surface area contributed by atoms with Crippen LogP contribution in [0.1, 0.15) is 60.8 Å². The lowest BCUT2D eigenvalue weighted by Crippen LogP contribution is -2.68. The zero-order valence-corrected chi connectivity index (χ0v) is 16.8. The van der Waals surface area contributed by atoms with E-state index < -0.39 is 0 Å². The van der Waals surface area contributed by atoms with E-state index in [0.29, 0.717) is 11.1 Å². The first-order valence-electron chi connectivity index (χ1n) is 10.1. The van der Waals surface area contributed by atoms with Crippen LogP contribution in [0.4, 0.5) is 0 Å². The molecule has 4 heteroatoms. The van der Waals surface area contributed by atoms with Crippen LogP contribution in [-0.2, 0) is 0 Å². The summed E-state index contributed by atoms with van der Waals surface area (Å²) in [5.74, 6) is 0. The molecule has 0 saturated carbocycles. The molecular formula is C20H38N4. The molecule has 0 N–H and O–H groups in total. The normalized spacial score (nSPS) is 39.2. The highest BCUT2D eigenvalue weighted by molar-refractivity contribution is 5.05. The van der Waals surface area contributed by atoms with Crippen LogP contribution < -0.4 is 0 Å². The van der Waals surface area contributed by atoms with Crippen molar-refractivity contribution in [2.45, 2.75) is 96.1 Å². The number of piperidine rings is 2. The van der Waals surface area contributed by atoms with Crippen molar-refractivity contribution in [3.63, 3.8) is 0 Å². The first kappa shape index (κ1) is 17.3. The largest absolute Gasteiger partial charge is 0.293 e. The predicted molar refractivity (Wildman–Crippen MR) is 100 cm³/mol. The molecule has 5 fully saturated rings. The Morgan fingerprint density at radius 1 is 0.625 bits per heavy atom. The molecule has 5 heterocycles. The van der Waals surface area contributed by atoms with Gasteiger partial charge in [0, 0.05) is 61.4 Å². The Labute approximate surface area is 149 Å². The molecule has 5 aliphatic rings. The van der Waals surface area contributed by atoms with E-state index in [4.69, 9.17) is 0 Å². The smallest absolute Gasteiger partial charge is 0.0514 e. The summed E-state index contributed by atoms with van der Waals surface area (Å²) in [4.78, 5) is 11.1. The maximum Gasteiger partial charge on any atom is 0.0514 e. The van der Waals surface area contributed by atoms with Gasteiger partial charge < -0.3 is 0 Å². The summed E-state index contributed by atoms with van der Waals surface area (Å²) in [6, 6.07) is 3.16. The molecule has 5 saturated heterocycles. The van der Waals surface area contributed by atoms with Crippen LogP contribution in [0.15, 0.2) is 0 Å². The number of nitrogens with zero attached hydrogens (tertiary/aromatic N) is 4. The highest BCUT2D eigenvalue weighted by atomic mass is 15.5. The van der Waals surface area contributed by atoms with Crippen LogP contribution >= 0.6 is 0 Å². The Kier molecular flexibility index (Phi) is 4.08. The molecule has 4 atom stereocenters. The molecule has 0 aliphatic carbocycles. The first-order valence-corrected chi connectivity index (χ1v) is 10.1. The average Bonchev–Trinajstić information content (AvgIpc) is 3.06. The molecule has 0 amide bonds. The van der Waals surface area contributed by atoms with Crippen LogP contribution in [0.5, 0.6) is 0 Å². The fraction of sp³-hybridized carbons (Fsp3) is 1.00. The molecule has 138 valence electrons. The van der Waals surface area contributed by atoms with Gasteiger partial charge in [0.1, 0.15) is 0 Å². The van der Waals surface area contributed by atoms with Gasteiger partial charge in [0.2, 0.25) is 0 Å². The van der Waals surface area contributed by atoms with Gasteiger partial charge in [-0.1, -0.05) is 0 Å². The van der Waals surface area contributed by atoms with E-state index in [1.165, 1.54) is 52.1 Å². The lowest BCUT2D eigenvalue weighted by atomic mass is 9.87. The van der Waals surface area contributed by atoms with E-state index in [0.717, 1.165) is 24.2 Å². The summed E-state index contributed by atoms with van der Waals surface area (Å²) in [5, 5.41) is 0. The molecule has 0 radical (unpaired) electrons. The lowest BCUT2D eigenvalue weighted by molar-refractivity contribution is -0.0864. The zero-order valence-electron chi connectivity index (χ0n) is 16.8. The molecule has 0 aromatic carbocycles. The minimum absolute atomic E-state index is 0.329. The monoisotopic (exact) mass is 334 g/mol. The quantitative estimate of drug-likeness (QED) is 0.769. The zero-order chi connectivity index (χ0) is 17.3. The van der Waals surface area contributed by atoms with E-state index in [9.17, 15) is 0 Å². The van der Waals surface area contributed by atoms with Crippen molar-refractivity contribution in [2.75, 3.05) is 32.8 Å². The molecule has 0 aromatic rings. The van der Waals surface area contributed by atoms with Crippen molar-refractivity contribution >= 4 is 0 Å². The number of hydrogen-bond acceptors (Lipinski definition) is 4. The highest BCUT2D eigenvalue weighted by Crippen LogP contribution is 2.38. The minimum Gasteiger partial charge on any atom is -0.293 e. The van der Waals surface area contributed by atoms with Crippen molar-refractivity contribution in [1.29, 1.82) is 0 Å². The fourth-order valence-electron chi connectivity index (χ4n) is 5.89. The average molecular weight is 335 g/mol. The third-order valence-corrected chi connectivity index (χ3v) is 7.08. The van der Waals surface area contributed by atoms with E-state index in [-0.39, 0.29) is 0 Å². The molecule has 5 aliphatic heterocycles. The van der Waals surface area contributed by atoms with Crippen molar-refractivity contribution in [2.24, 2.45) is 0 Å². The number of fused-ring (bicyclic) bond motifs is 5. The van der Waals surface area contributed by atoms with Gasteiger partial charge in [-0.25, -0.2) is 0 Å². The second kappa shape index (κ2) is 5.67. The Morgan fingerprint density at radius 3 is 1.62 bits per heavy atom. The van der Waals surface area contributed by atoms with Crippen molar-refractivity contribution in [3.8, 4) is 0 Å². The molecule has 0 spiro atoms. The van der Waals surface area contributed by atoms with Crippen LogP contribution in [0.2, 0.25) is 0 Å². The van der Waals surface area contributed by atoms with Crippen molar-refractivity contribution < 1.29 is 0 Å². The van der Waals surface area contributed by atoms with Crippen LogP contribution in [0.3, 0.4) is 0 Å². The Morgan fingerprint density at radius 2 is 1.12 bits per heavy atom. The molecule has 24 heavy (non-hydrogen) atoms. The van der Waals surface area contributed by atoms with Gasteiger partial charge in [0.15, 0.2) is 0 Å². The van der Waals surface area contributed by atoms with Crippen molar-refractivity contribution in [3.05, 3.63) is 0 Å². The summed E-state index contributed by atoms with van der Waals surface area (Å²) in [7, 11) is 0. The summed E-state index contributed by atoms with van der Waals surface area (Å²) >= 11 is 0. The van der Waals surface area contributed by atoms with E-state index in [2.05, 4.69) is 61.1 Å². The van der Waals surface area contributed by atoms with Gasteiger partial charge in [-0.3, -0.25) is 19.6 Å². The number of hydrogen-bond donors (Lipinski definition) is 0. The number of likely N-dealkylation sites (tertiary alicyclic amines) is 2. The lowest BCUT2D eigenvalue weighted by Gasteiger charge is -2.57. The second-order valence-electron chi connectivity index (χ2n) is 10.8. The predicted octanol–water partition coefficient (Wildman–Crippen LogP) is 2.45. The second-order valence-corrected chi connectivity index (χ2v) is 10.8. The minimum atomic E-state index is 0.329. The summed E-state index contributed by atoms with van der Waals surface area (Å²) < 4.78 is 0. The highest BCUT2D eigenvalue weighted by Gasteiger charge is 2.49. The summed E-state index contributed by atoms with van der Waals surface area (Å²) in [5.41, 5.74) is 0.665. The third kappa shape index (κ3) is 2.94. The van der Waals surface area contributed by atoms with E-state index in [1.54, 1.807) is 0 Å². The number of rotatable bonds is 2. The topological polar surface area (TPSA) is 13.0 Å². The summed E-state index contributed by atoms with van der Waals surface area (Å²) in [6.07, 6.45) is 4.21. The molecule has 4 bridgehead atoms. The van der Waals surface area contributed by atoms with Gasteiger partial charge in [-0.2, -0.15) is 0 Å². The fourth-order valence-corrected chi connectivity index (χ4v) is 5.89. The standard InChI is InChI=1S/C20H38N4/c1-19(2,3)23-12-15-7-8-16(23)10-21(15)14-22-11-18-9-17(22)13-24(18)20(4,5)6/h15-18H,7-14H2,1-6H3. The summed E-state index contributed by atoms with van der Waals surface area (Å²) in [6.45, 7) is 20.7. The number of piperazine rings is 2. The molecule has 4 nitrogen and oxygen atoms in total. The van der Waals surface area contributed by atoms with E-state index >= 15 is 0 Å². The van der Waals surface area contributed by atoms with Gasteiger partial charge in [-0.05, 0) is 60.8 Å². The Bertz CT molecular complexity index is 477. The maximum atomic E-state index is 2.82. The van der Waals surface area contributed by atoms with Gasteiger partial charge in [0.05, 0.1) is 6.67 Å². The maximum absolute atomic E-state index is 2.82. The molecule has 5 rings (SSSR count). The molecule has 0 aromatic heterocycles. The third-order valence-electron chi connectivity index (χ3n) is 7.08. The molecular weight excluding hydrogens is 296 g/mol. The van der Waals surface area contributed by atoms with Crippen molar-refractivity contribution in [1.82, 2.24) is 19.6 Å². The molecule has 4 unspecified atom stereocenters. The van der Waals surface area contributed by atoms with Crippen LogP contribution in [0.25, 0.3) is 0 Å². The van der Waals surface area contributed by atoms with Gasteiger partial charge in [0.25, 0.3) is 0 Å². The van der Waals surface area contributed by atoms with E-state index in [1.807, 2.05) is 0 Å².